The van der Waals surface area contributed by atoms with Crippen LogP contribution in [0.2, 0.25) is 0 Å². The minimum atomic E-state index is -0.379. The molecule has 0 fully saturated rings. The van der Waals surface area contributed by atoms with Crippen molar-refractivity contribution in [1.82, 2.24) is 0 Å². The van der Waals surface area contributed by atoms with Gasteiger partial charge in [-0.3, -0.25) is 9.59 Å². The molecule has 0 bridgehead atoms. The zero-order valence-electron chi connectivity index (χ0n) is 17.8. The molecule has 3 aromatic carbocycles. The van der Waals surface area contributed by atoms with Crippen LogP contribution < -0.4 is 15.0 Å². The van der Waals surface area contributed by atoms with E-state index in [0.29, 0.717) is 22.5 Å². The lowest BCUT2D eigenvalue weighted by Crippen LogP contribution is -2.32. The summed E-state index contributed by atoms with van der Waals surface area (Å²) in [4.78, 5) is 27.9. The van der Waals surface area contributed by atoms with E-state index >= 15 is 0 Å². The topological polar surface area (TPSA) is 58.6 Å². The van der Waals surface area contributed by atoms with Gasteiger partial charge in [-0.05, 0) is 62.7 Å². The van der Waals surface area contributed by atoms with E-state index in [1.165, 1.54) is 4.90 Å². The van der Waals surface area contributed by atoms with Crippen LogP contribution in [0.25, 0.3) is 5.57 Å². The zero-order valence-corrected chi connectivity index (χ0v) is 17.8. The maximum Gasteiger partial charge on any atom is 0.282 e. The smallest absolute Gasteiger partial charge is 0.282 e. The molecular weight excluding hydrogens is 388 g/mol. The van der Waals surface area contributed by atoms with Crippen molar-refractivity contribution in [1.29, 1.82) is 0 Å². The Bertz CT molecular complexity index is 1130. The quantitative estimate of drug-likeness (QED) is 0.567. The van der Waals surface area contributed by atoms with Gasteiger partial charge in [0.1, 0.15) is 11.4 Å². The molecule has 5 heteroatoms. The van der Waals surface area contributed by atoms with Crippen LogP contribution in [0.4, 0.5) is 11.4 Å². The predicted molar refractivity (Wildman–Crippen MR) is 123 cm³/mol. The van der Waals surface area contributed by atoms with E-state index in [2.05, 4.69) is 5.32 Å². The normalized spacial score (nSPS) is 13.9. The minimum Gasteiger partial charge on any atom is -0.491 e. The van der Waals surface area contributed by atoms with Crippen molar-refractivity contribution in [3.8, 4) is 5.75 Å². The Kier molecular flexibility index (Phi) is 5.58. The second-order valence-electron chi connectivity index (χ2n) is 7.71. The van der Waals surface area contributed by atoms with Gasteiger partial charge in [0.05, 0.1) is 17.4 Å². The van der Waals surface area contributed by atoms with Crippen molar-refractivity contribution in [3.63, 3.8) is 0 Å². The first-order chi connectivity index (χ1) is 14.9. The van der Waals surface area contributed by atoms with Crippen molar-refractivity contribution in [2.75, 3.05) is 10.2 Å². The Morgan fingerprint density at radius 2 is 1.45 bits per heavy atom. The number of amides is 2. The van der Waals surface area contributed by atoms with Gasteiger partial charge in [-0.25, -0.2) is 4.90 Å². The van der Waals surface area contributed by atoms with Crippen LogP contribution in [0, 0.1) is 6.92 Å². The Morgan fingerprint density at radius 1 is 0.806 bits per heavy atom. The van der Waals surface area contributed by atoms with Crippen LogP contribution in [0.5, 0.6) is 5.75 Å². The van der Waals surface area contributed by atoms with Crippen LogP contribution in [0.3, 0.4) is 0 Å². The number of ether oxygens (including phenoxy) is 1. The van der Waals surface area contributed by atoms with Gasteiger partial charge in [0.2, 0.25) is 0 Å². The molecule has 1 N–H and O–H groups in total. The molecule has 3 aromatic rings. The highest BCUT2D eigenvalue weighted by molar-refractivity contribution is 6.46. The summed E-state index contributed by atoms with van der Waals surface area (Å²) in [6, 6.07) is 23.9. The number of hydrogen-bond donors (Lipinski definition) is 1. The number of carbonyl (C=O) groups is 2. The van der Waals surface area contributed by atoms with Crippen molar-refractivity contribution in [2.45, 2.75) is 26.9 Å². The molecule has 0 aliphatic carbocycles. The van der Waals surface area contributed by atoms with Gasteiger partial charge >= 0.3 is 0 Å². The Balaban J connectivity index is 1.72. The standard InChI is InChI=1S/C26H24N2O3/c1-17(2)31-22-15-11-20(12-16-22)27-24-23(19-7-5-4-6-8-19)25(29)28(26(24)30)21-13-9-18(3)10-14-21/h4-17,27H,1-3H3. The first kappa shape index (κ1) is 20.4. The van der Waals surface area contributed by atoms with E-state index in [4.69, 9.17) is 4.74 Å². The first-order valence-electron chi connectivity index (χ1n) is 10.2. The lowest BCUT2D eigenvalue weighted by Gasteiger charge is -2.16. The minimum absolute atomic E-state index is 0.0725. The highest BCUT2D eigenvalue weighted by atomic mass is 16.5. The Hall–Kier alpha value is -3.86. The Labute approximate surface area is 182 Å². The van der Waals surface area contributed by atoms with Gasteiger partial charge in [-0.15, -0.1) is 0 Å². The lowest BCUT2D eigenvalue weighted by atomic mass is 10.0. The molecule has 1 aliphatic heterocycles. The monoisotopic (exact) mass is 412 g/mol. The number of rotatable bonds is 6. The van der Waals surface area contributed by atoms with Crippen molar-refractivity contribution in [2.24, 2.45) is 0 Å². The number of carbonyl (C=O) groups excluding carboxylic acids is 2. The molecule has 0 spiro atoms. The van der Waals surface area contributed by atoms with Gasteiger partial charge in [-0.1, -0.05) is 48.0 Å². The molecule has 2 amide bonds. The molecule has 0 saturated heterocycles. The SMILES string of the molecule is Cc1ccc(N2C(=O)C(Nc3ccc(OC(C)C)cc3)=C(c3ccccc3)C2=O)cc1. The van der Waals surface area contributed by atoms with Gasteiger partial charge in [0.25, 0.3) is 11.8 Å². The summed E-state index contributed by atoms with van der Waals surface area (Å²) in [6.45, 7) is 5.89. The van der Waals surface area contributed by atoms with Gasteiger partial charge in [0.15, 0.2) is 0 Å². The van der Waals surface area contributed by atoms with E-state index < -0.39 is 0 Å². The fourth-order valence-corrected chi connectivity index (χ4v) is 3.48. The molecule has 0 radical (unpaired) electrons. The van der Waals surface area contributed by atoms with Crippen molar-refractivity contribution < 1.29 is 14.3 Å². The van der Waals surface area contributed by atoms with E-state index in [-0.39, 0.29) is 23.6 Å². The summed E-state index contributed by atoms with van der Waals surface area (Å²) < 4.78 is 5.68. The fraction of sp³-hybridized carbons (Fsp3) is 0.154. The third-order valence-electron chi connectivity index (χ3n) is 4.93. The van der Waals surface area contributed by atoms with Crippen molar-refractivity contribution >= 4 is 28.8 Å². The number of nitrogens with zero attached hydrogens (tertiary/aromatic N) is 1. The van der Waals surface area contributed by atoms with Crippen LogP contribution in [0.15, 0.2) is 84.6 Å². The summed E-state index contributed by atoms with van der Waals surface area (Å²) in [6.07, 6.45) is 0.0725. The van der Waals surface area contributed by atoms with Crippen LogP contribution in [0.1, 0.15) is 25.0 Å². The second-order valence-corrected chi connectivity index (χ2v) is 7.71. The number of imide groups is 1. The molecule has 0 saturated carbocycles. The highest BCUT2D eigenvalue weighted by Crippen LogP contribution is 2.34. The van der Waals surface area contributed by atoms with E-state index in [1.54, 1.807) is 12.1 Å². The van der Waals surface area contributed by atoms with Gasteiger partial charge in [0, 0.05) is 5.69 Å². The molecule has 1 heterocycles. The number of hydrogen-bond acceptors (Lipinski definition) is 4. The maximum absolute atomic E-state index is 13.4. The molecule has 0 atom stereocenters. The van der Waals surface area contributed by atoms with Crippen LogP contribution >= 0.6 is 0 Å². The van der Waals surface area contributed by atoms with Gasteiger partial charge in [-0.2, -0.15) is 0 Å². The fourth-order valence-electron chi connectivity index (χ4n) is 3.48. The van der Waals surface area contributed by atoms with E-state index in [0.717, 1.165) is 11.3 Å². The first-order valence-corrected chi connectivity index (χ1v) is 10.2. The number of anilines is 2. The predicted octanol–water partition coefficient (Wildman–Crippen LogP) is 5.18. The largest absolute Gasteiger partial charge is 0.491 e. The molecule has 31 heavy (non-hydrogen) atoms. The molecule has 0 aromatic heterocycles. The zero-order chi connectivity index (χ0) is 22.0. The van der Waals surface area contributed by atoms with Gasteiger partial charge < -0.3 is 10.1 Å². The summed E-state index contributed by atoms with van der Waals surface area (Å²) in [5.74, 6) is 0.0189. The van der Waals surface area contributed by atoms with E-state index in [9.17, 15) is 9.59 Å². The summed E-state index contributed by atoms with van der Waals surface area (Å²) >= 11 is 0. The summed E-state index contributed by atoms with van der Waals surface area (Å²) in [5, 5.41) is 3.17. The molecule has 0 unspecified atom stereocenters. The molecule has 4 rings (SSSR count). The van der Waals surface area contributed by atoms with Crippen LogP contribution in [-0.2, 0) is 9.59 Å². The highest BCUT2D eigenvalue weighted by Gasteiger charge is 2.40. The molecular formula is C26H24N2O3. The molecule has 156 valence electrons. The Morgan fingerprint density at radius 3 is 2.06 bits per heavy atom. The van der Waals surface area contributed by atoms with E-state index in [1.807, 2.05) is 87.5 Å². The average Bonchev–Trinajstić information content (AvgIpc) is 3.00. The van der Waals surface area contributed by atoms with Crippen molar-refractivity contribution in [3.05, 3.63) is 95.7 Å². The number of nitrogens with one attached hydrogen (secondary N) is 1. The third kappa shape index (κ3) is 4.21. The second kappa shape index (κ2) is 8.48. The van der Waals surface area contributed by atoms with Crippen LogP contribution in [-0.4, -0.2) is 17.9 Å². The maximum atomic E-state index is 13.4. The molecule has 5 nitrogen and oxygen atoms in total. The lowest BCUT2D eigenvalue weighted by molar-refractivity contribution is -0.120. The number of benzene rings is 3. The summed E-state index contributed by atoms with van der Waals surface area (Å²) in [7, 11) is 0. The molecule has 1 aliphatic rings. The number of aryl methyl sites for hydroxylation is 1. The average molecular weight is 412 g/mol. The third-order valence-corrected chi connectivity index (χ3v) is 4.93. The summed E-state index contributed by atoms with van der Waals surface area (Å²) in [5.41, 5.74) is 3.61.